The SMILES string of the molecule is O=C(CCC1C=CC=CC1)Nc1nc2c(nc1C1=CCCC=C1)-c1ccc(O)cc1CC2. The Bertz CT molecular complexity index is 1170. The van der Waals surface area contributed by atoms with Crippen LogP contribution < -0.4 is 5.32 Å². The van der Waals surface area contributed by atoms with Crippen LogP contribution in [0, 0.1) is 5.92 Å². The molecule has 5 nitrogen and oxygen atoms in total. The van der Waals surface area contributed by atoms with E-state index in [0.717, 1.165) is 72.3 Å². The molecule has 1 atom stereocenters. The maximum Gasteiger partial charge on any atom is 0.225 e. The zero-order chi connectivity index (χ0) is 21.9. The van der Waals surface area contributed by atoms with Gasteiger partial charge in [-0.15, -0.1) is 0 Å². The van der Waals surface area contributed by atoms with Crippen LogP contribution in [0.2, 0.25) is 0 Å². The Hall–Kier alpha value is -3.47. The van der Waals surface area contributed by atoms with Crippen molar-refractivity contribution in [3.05, 3.63) is 77.7 Å². The molecule has 1 aromatic heterocycles. The molecule has 1 amide bonds. The second-order valence-corrected chi connectivity index (χ2v) is 8.59. The largest absolute Gasteiger partial charge is 0.508 e. The zero-order valence-electron chi connectivity index (χ0n) is 18.1. The summed E-state index contributed by atoms with van der Waals surface area (Å²) in [6, 6.07) is 5.42. The number of aromatic nitrogens is 2. The number of rotatable bonds is 5. The third-order valence-electron chi connectivity index (χ3n) is 6.28. The van der Waals surface area contributed by atoms with Crippen LogP contribution in [0.15, 0.2) is 60.7 Å². The van der Waals surface area contributed by atoms with Crippen LogP contribution in [0.5, 0.6) is 5.75 Å². The number of carbonyl (C=O) groups excluding carboxylic acids is 1. The van der Waals surface area contributed by atoms with E-state index in [4.69, 9.17) is 9.97 Å². The summed E-state index contributed by atoms with van der Waals surface area (Å²) in [4.78, 5) is 22.7. The Morgan fingerprint density at radius 3 is 2.84 bits per heavy atom. The van der Waals surface area contributed by atoms with Gasteiger partial charge in [-0.05, 0) is 73.8 Å². The molecule has 3 aliphatic rings. The normalized spacial score (nSPS) is 18.6. The minimum absolute atomic E-state index is 0.0232. The maximum atomic E-state index is 12.8. The molecular weight excluding hydrogens is 398 g/mol. The molecule has 5 rings (SSSR count). The number of allylic oxidation sites excluding steroid dienone is 8. The number of anilines is 1. The van der Waals surface area contributed by atoms with Crippen LogP contribution in [0.3, 0.4) is 0 Å². The van der Waals surface area contributed by atoms with Crippen molar-refractivity contribution in [2.45, 2.75) is 44.9 Å². The number of hydrogen-bond donors (Lipinski definition) is 2. The van der Waals surface area contributed by atoms with E-state index in [1.807, 2.05) is 12.1 Å². The molecule has 5 heteroatoms. The fourth-order valence-corrected chi connectivity index (χ4v) is 4.57. The summed E-state index contributed by atoms with van der Waals surface area (Å²) in [7, 11) is 0. The van der Waals surface area contributed by atoms with Gasteiger partial charge in [0, 0.05) is 12.0 Å². The number of phenols is 1. The topological polar surface area (TPSA) is 75.1 Å². The highest BCUT2D eigenvalue weighted by Crippen LogP contribution is 2.36. The van der Waals surface area contributed by atoms with Crippen LogP contribution in [0.25, 0.3) is 16.8 Å². The highest BCUT2D eigenvalue weighted by atomic mass is 16.3. The zero-order valence-corrected chi connectivity index (χ0v) is 18.1. The fraction of sp³-hybridized carbons (Fsp3) is 0.296. The van der Waals surface area contributed by atoms with Gasteiger partial charge in [-0.1, -0.05) is 42.5 Å². The second kappa shape index (κ2) is 8.95. The number of hydrogen-bond acceptors (Lipinski definition) is 4. The van der Waals surface area contributed by atoms with Crippen molar-refractivity contribution in [2.24, 2.45) is 5.92 Å². The molecular formula is C27H27N3O2. The first-order chi connectivity index (χ1) is 15.7. The first-order valence-electron chi connectivity index (χ1n) is 11.4. The highest BCUT2D eigenvalue weighted by molar-refractivity contribution is 5.94. The van der Waals surface area contributed by atoms with Gasteiger partial charge in [0.15, 0.2) is 5.82 Å². The Labute approximate surface area is 188 Å². The van der Waals surface area contributed by atoms with Gasteiger partial charge >= 0.3 is 0 Å². The summed E-state index contributed by atoms with van der Waals surface area (Å²) in [5.41, 5.74) is 5.54. The predicted molar refractivity (Wildman–Crippen MR) is 127 cm³/mol. The Kier molecular flexibility index (Phi) is 5.71. The molecule has 0 aliphatic heterocycles. The number of aromatic hydroxyl groups is 1. The molecule has 0 bridgehead atoms. The number of phenolic OH excluding ortho intramolecular Hbond substituents is 1. The van der Waals surface area contributed by atoms with Gasteiger partial charge in [0.1, 0.15) is 11.4 Å². The van der Waals surface area contributed by atoms with Crippen molar-refractivity contribution >= 4 is 17.3 Å². The van der Waals surface area contributed by atoms with Gasteiger partial charge in [-0.2, -0.15) is 0 Å². The average Bonchev–Trinajstić information content (AvgIpc) is 2.83. The molecule has 0 spiro atoms. The molecule has 1 aromatic carbocycles. The quantitative estimate of drug-likeness (QED) is 0.660. The minimum Gasteiger partial charge on any atom is -0.508 e. The summed E-state index contributed by atoms with van der Waals surface area (Å²) in [6.07, 6.45) is 20.5. The molecule has 2 aromatic rings. The average molecular weight is 426 g/mol. The lowest BCUT2D eigenvalue weighted by atomic mass is 9.91. The van der Waals surface area contributed by atoms with Crippen LogP contribution in [-0.2, 0) is 17.6 Å². The smallest absolute Gasteiger partial charge is 0.225 e. The van der Waals surface area contributed by atoms with Gasteiger partial charge in [0.2, 0.25) is 5.91 Å². The van der Waals surface area contributed by atoms with E-state index in [2.05, 4.69) is 47.8 Å². The summed E-state index contributed by atoms with van der Waals surface area (Å²) in [5, 5.41) is 12.9. The second-order valence-electron chi connectivity index (χ2n) is 8.59. The molecule has 162 valence electrons. The number of fused-ring (bicyclic) bond motifs is 3. The fourth-order valence-electron chi connectivity index (χ4n) is 4.57. The van der Waals surface area contributed by atoms with Crippen molar-refractivity contribution in [3.8, 4) is 17.0 Å². The predicted octanol–water partition coefficient (Wildman–Crippen LogP) is 5.53. The van der Waals surface area contributed by atoms with E-state index in [-0.39, 0.29) is 11.7 Å². The summed E-state index contributed by atoms with van der Waals surface area (Å²) in [5.74, 6) is 1.21. The van der Waals surface area contributed by atoms with Gasteiger partial charge < -0.3 is 10.4 Å². The standard InChI is InChI=1S/C27H27N3O2/c31-21-13-14-22-20(17-21)12-15-23-26(22)30-25(19-9-5-2-6-10-19)27(28-23)29-24(32)16-11-18-7-3-1-4-8-18/h1,3-5,7,9-10,13-14,17-18,31H,2,6,8,11-12,15-16H2,(H,28,29,32). The lowest BCUT2D eigenvalue weighted by Crippen LogP contribution is -2.18. The lowest BCUT2D eigenvalue weighted by molar-refractivity contribution is -0.116. The van der Waals surface area contributed by atoms with E-state index in [0.29, 0.717) is 18.2 Å². The van der Waals surface area contributed by atoms with E-state index >= 15 is 0 Å². The lowest BCUT2D eigenvalue weighted by Gasteiger charge is -2.22. The van der Waals surface area contributed by atoms with Gasteiger partial charge in [-0.25, -0.2) is 9.97 Å². The molecule has 1 heterocycles. The molecule has 0 saturated carbocycles. The molecule has 32 heavy (non-hydrogen) atoms. The minimum atomic E-state index is -0.0232. The first-order valence-corrected chi connectivity index (χ1v) is 11.4. The van der Waals surface area contributed by atoms with Gasteiger partial charge in [0.05, 0.1) is 11.4 Å². The highest BCUT2D eigenvalue weighted by Gasteiger charge is 2.24. The number of nitrogens with one attached hydrogen (secondary N) is 1. The van der Waals surface area contributed by atoms with Gasteiger partial charge in [0.25, 0.3) is 0 Å². The van der Waals surface area contributed by atoms with Crippen molar-refractivity contribution in [2.75, 3.05) is 5.32 Å². The van der Waals surface area contributed by atoms with Crippen LogP contribution in [-0.4, -0.2) is 21.0 Å². The van der Waals surface area contributed by atoms with Crippen molar-refractivity contribution in [3.63, 3.8) is 0 Å². The molecule has 0 fully saturated rings. The van der Waals surface area contributed by atoms with Crippen LogP contribution in [0.4, 0.5) is 5.82 Å². The Balaban J connectivity index is 1.45. The molecule has 2 N–H and O–H groups in total. The van der Waals surface area contributed by atoms with Crippen molar-refractivity contribution in [1.82, 2.24) is 9.97 Å². The van der Waals surface area contributed by atoms with E-state index in [1.165, 1.54) is 0 Å². The number of carbonyl (C=O) groups is 1. The first kappa shape index (κ1) is 20.4. The van der Waals surface area contributed by atoms with E-state index in [9.17, 15) is 9.90 Å². The van der Waals surface area contributed by atoms with Crippen molar-refractivity contribution in [1.29, 1.82) is 0 Å². The number of benzene rings is 1. The van der Waals surface area contributed by atoms with Crippen LogP contribution in [0.1, 0.15) is 49.1 Å². The van der Waals surface area contributed by atoms with E-state index in [1.54, 1.807) is 6.07 Å². The summed E-state index contributed by atoms with van der Waals surface area (Å²) in [6.45, 7) is 0. The molecule has 0 radical (unpaired) electrons. The molecule has 0 saturated heterocycles. The number of aryl methyl sites for hydroxylation is 2. The van der Waals surface area contributed by atoms with Crippen LogP contribution >= 0.6 is 0 Å². The third-order valence-corrected chi connectivity index (χ3v) is 6.28. The summed E-state index contributed by atoms with van der Waals surface area (Å²) >= 11 is 0. The summed E-state index contributed by atoms with van der Waals surface area (Å²) < 4.78 is 0. The van der Waals surface area contributed by atoms with Crippen molar-refractivity contribution < 1.29 is 9.90 Å². The third kappa shape index (κ3) is 4.28. The number of nitrogens with zero attached hydrogens (tertiary/aromatic N) is 2. The Morgan fingerprint density at radius 1 is 1.09 bits per heavy atom. The Morgan fingerprint density at radius 2 is 2.03 bits per heavy atom. The molecule has 3 aliphatic carbocycles. The number of amides is 1. The molecule has 1 unspecified atom stereocenters. The monoisotopic (exact) mass is 425 g/mol. The maximum absolute atomic E-state index is 12.8. The van der Waals surface area contributed by atoms with Gasteiger partial charge in [-0.3, -0.25) is 4.79 Å². The van der Waals surface area contributed by atoms with E-state index < -0.39 is 0 Å².